The predicted molar refractivity (Wildman–Crippen MR) is 51.2 cm³/mol. The molecule has 1 nitrogen and oxygen atoms in total. The third-order valence-corrected chi connectivity index (χ3v) is 2.60. The number of hydrogen-bond acceptors (Lipinski definition) is 1. The third kappa shape index (κ3) is 1.62. The maximum atomic E-state index is 11.0. The molecule has 0 radical (unpaired) electrons. The maximum absolute atomic E-state index is 11.0. The zero-order valence-electron chi connectivity index (χ0n) is 6.82. The molecule has 0 saturated heterocycles. The van der Waals surface area contributed by atoms with Gasteiger partial charge in [0.25, 0.3) is 0 Å². The summed E-state index contributed by atoms with van der Waals surface area (Å²) < 4.78 is 0. The minimum Gasteiger partial charge on any atom is -0.294 e. The highest BCUT2D eigenvalue weighted by molar-refractivity contribution is 6.38. The second-order valence-electron chi connectivity index (χ2n) is 2.59. The molecule has 64 valence electrons. The van der Waals surface area contributed by atoms with Gasteiger partial charge >= 0.3 is 0 Å². The second-order valence-corrected chi connectivity index (χ2v) is 3.38. The lowest BCUT2D eigenvalue weighted by Crippen LogP contribution is -1.94. The Bertz CT molecular complexity index is 332. The third-order valence-electron chi connectivity index (χ3n) is 1.70. The van der Waals surface area contributed by atoms with Crippen molar-refractivity contribution in [3.63, 3.8) is 0 Å². The Morgan fingerprint density at radius 1 is 1.33 bits per heavy atom. The topological polar surface area (TPSA) is 17.1 Å². The Labute approximate surface area is 81.3 Å². The van der Waals surface area contributed by atoms with Gasteiger partial charge in [-0.05, 0) is 31.5 Å². The van der Waals surface area contributed by atoms with Gasteiger partial charge < -0.3 is 0 Å². The van der Waals surface area contributed by atoms with E-state index in [0.29, 0.717) is 15.6 Å². The van der Waals surface area contributed by atoms with Crippen molar-refractivity contribution in [1.29, 1.82) is 0 Å². The van der Waals surface area contributed by atoms with Gasteiger partial charge in [-0.25, -0.2) is 0 Å². The minimum atomic E-state index is -0.0419. The summed E-state index contributed by atoms with van der Waals surface area (Å²) in [6.45, 7) is 3.27. The van der Waals surface area contributed by atoms with E-state index in [1.807, 2.05) is 0 Å². The molecule has 0 aliphatic carbocycles. The molecule has 0 bridgehead atoms. The van der Waals surface area contributed by atoms with Gasteiger partial charge in [0.15, 0.2) is 5.78 Å². The van der Waals surface area contributed by atoms with Gasteiger partial charge in [-0.2, -0.15) is 0 Å². The number of Topliss-reactive ketones (excluding diaryl/α,β-unsaturated/α-hetero) is 1. The van der Waals surface area contributed by atoms with E-state index in [2.05, 4.69) is 0 Å². The first-order chi connectivity index (χ1) is 5.54. The number of carbonyl (C=O) groups is 1. The molecule has 0 unspecified atom stereocenters. The molecule has 1 aromatic carbocycles. The first kappa shape index (κ1) is 9.56. The summed E-state index contributed by atoms with van der Waals surface area (Å²) in [5.41, 5.74) is 1.28. The lowest BCUT2D eigenvalue weighted by atomic mass is 10.1. The highest BCUT2D eigenvalue weighted by Crippen LogP contribution is 2.27. The van der Waals surface area contributed by atoms with Crippen molar-refractivity contribution in [2.75, 3.05) is 0 Å². The van der Waals surface area contributed by atoms with Gasteiger partial charge in [0.1, 0.15) is 0 Å². The quantitative estimate of drug-likeness (QED) is 0.638. The van der Waals surface area contributed by atoms with Gasteiger partial charge in [0.05, 0.1) is 5.02 Å². The molecule has 1 aromatic rings. The van der Waals surface area contributed by atoms with Crippen molar-refractivity contribution in [2.45, 2.75) is 13.8 Å². The van der Waals surface area contributed by atoms with Crippen molar-refractivity contribution in [3.8, 4) is 0 Å². The van der Waals surface area contributed by atoms with Crippen LogP contribution >= 0.6 is 23.2 Å². The Morgan fingerprint density at radius 3 is 2.42 bits per heavy atom. The van der Waals surface area contributed by atoms with Crippen LogP contribution in [0, 0.1) is 6.92 Å². The Morgan fingerprint density at radius 2 is 1.92 bits per heavy atom. The van der Waals surface area contributed by atoms with Crippen molar-refractivity contribution < 1.29 is 4.79 Å². The van der Waals surface area contributed by atoms with Crippen molar-refractivity contribution in [3.05, 3.63) is 33.3 Å². The molecule has 0 heterocycles. The Hall–Kier alpha value is -0.530. The maximum Gasteiger partial charge on any atom is 0.161 e. The summed E-state index contributed by atoms with van der Waals surface area (Å²) in [6.07, 6.45) is 0. The Kier molecular flexibility index (Phi) is 2.76. The van der Waals surface area contributed by atoms with E-state index in [-0.39, 0.29) is 5.78 Å². The fourth-order valence-corrected chi connectivity index (χ4v) is 1.44. The highest BCUT2D eigenvalue weighted by Gasteiger charge is 2.09. The first-order valence-electron chi connectivity index (χ1n) is 3.49. The van der Waals surface area contributed by atoms with Crippen LogP contribution in [0.1, 0.15) is 22.8 Å². The molecular formula is C9H8Cl2O. The average Bonchev–Trinajstić information content (AvgIpc) is 2.00. The van der Waals surface area contributed by atoms with E-state index < -0.39 is 0 Å². The molecule has 0 spiro atoms. The second kappa shape index (κ2) is 3.46. The molecule has 1 rings (SSSR count). The summed E-state index contributed by atoms with van der Waals surface area (Å²) in [7, 11) is 0. The van der Waals surface area contributed by atoms with Gasteiger partial charge in [0.2, 0.25) is 0 Å². The molecule has 0 aromatic heterocycles. The van der Waals surface area contributed by atoms with E-state index >= 15 is 0 Å². The number of carbonyl (C=O) groups excluding carboxylic acids is 1. The van der Waals surface area contributed by atoms with Crippen LogP contribution in [0.25, 0.3) is 0 Å². The fourth-order valence-electron chi connectivity index (χ4n) is 0.933. The number of hydrogen-bond donors (Lipinski definition) is 0. The van der Waals surface area contributed by atoms with Crippen LogP contribution in [-0.2, 0) is 0 Å². The molecule has 0 saturated carbocycles. The molecule has 0 aliphatic rings. The standard InChI is InChI=1S/C9H8Cl2O/c1-5-8(10)4-3-7(6(2)12)9(5)11/h3-4H,1-2H3. The number of ketones is 1. The van der Waals surface area contributed by atoms with E-state index in [1.54, 1.807) is 19.1 Å². The van der Waals surface area contributed by atoms with E-state index in [9.17, 15) is 4.79 Å². The highest BCUT2D eigenvalue weighted by atomic mass is 35.5. The molecule has 3 heteroatoms. The minimum absolute atomic E-state index is 0.0419. The van der Waals surface area contributed by atoms with Crippen LogP contribution in [0.15, 0.2) is 12.1 Å². The lowest BCUT2D eigenvalue weighted by Gasteiger charge is -2.04. The van der Waals surface area contributed by atoms with Crippen LogP contribution in [0.5, 0.6) is 0 Å². The van der Waals surface area contributed by atoms with Gasteiger partial charge in [-0.15, -0.1) is 0 Å². The van der Waals surface area contributed by atoms with Crippen molar-refractivity contribution in [1.82, 2.24) is 0 Å². The summed E-state index contributed by atoms with van der Waals surface area (Å²) in [5, 5.41) is 1.04. The normalized spacial score (nSPS) is 10.0. The molecule has 0 atom stereocenters. The smallest absolute Gasteiger partial charge is 0.161 e. The summed E-state index contributed by atoms with van der Waals surface area (Å²) >= 11 is 11.7. The molecule has 0 fully saturated rings. The monoisotopic (exact) mass is 202 g/mol. The molecular weight excluding hydrogens is 195 g/mol. The largest absolute Gasteiger partial charge is 0.294 e. The predicted octanol–water partition coefficient (Wildman–Crippen LogP) is 3.50. The molecule has 0 amide bonds. The number of benzene rings is 1. The van der Waals surface area contributed by atoms with Crippen LogP contribution in [-0.4, -0.2) is 5.78 Å². The number of halogens is 2. The number of rotatable bonds is 1. The summed E-state index contributed by atoms with van der Waals surface area (Å²) in [5.74, 6) is -0.0419. The van der Waals surface area contributed by atoms with E-state index in [4.69, 9.17) is 23.2 Å². The van der Waals surface area contributed by atoms with Crippen LogP contribution in [0.4, 0.5) is 0 Å². The molecule has 12 heavy (non-hydrogen) atoms. The van der Waals surface area contributed by atoms with Gasteiger partial charge in [-0.3, -0.25) is 4.79 Å². The van der Waals surface area contributed by atoms with Crippen LogP contribution in [0.3, 0.4) is 0 Å². The van der Waals surface area contributed by atoms with Crippen LogP contribution < -0.4 is 0 Å². The Balaban J connectivity index is 3.36. The molecule has 0 N–H and O–H groups in total. The van der Waals surface area contributed by atoms with Gasteiger partial charge in [-0.1, -0.05) is 23.2 Å². The SMILES string of the molecule is CC(=O)c1ccc(Cl)c(C)c1Cl. The average molecular weight is 203 g/mol. The fraction of sp³-hybridized carbons (Fsp3) is 0.222. The lowest BCUT2D eigenvalue weighted by molar-refractivity contribution is 0.101. The molecule has 0 aliphatic heterocycles. The van der Waals surface area contributed by atoms with Crippen molar-refractivity contribution in [2.24, 2.45) is 0 Å². The zero-order valence-corrected chi connectivity index (χ0v) is 8.33. The van der Waals surface area contributed by atoms with E-state index in [1.165, 1.54) is 6.92 Å². The zero-order chi connectivity index (χ0) is 9.30. The van der Waals surface area contributed by atoms with Crippen molar-refractivity contribution >= 4 is 29.0 Å². The summed E-state index contributed by atoms with van der Waals surface area (Å²) in [6, 6.07) is 3.32. The first-order valence-corrected chi connectivity index (χ1v) is 4.25. The van der Waals surface area contributed by atoms with Gasteiger partial charge in [0, 0.05) is 10.6 Å². The van der Waals surface area contributed by atoms with Crippen LogP contribution in [0.2, 0.25) is 10.0 Å². The van der Waals surface area contributed by atoms with E-state index in [0.717, 1.165) is 5.56 Å². The summed E-state index contributed by atoms with van der Waals surface area (Å²) in [4.78, 5) is 11.0.